The highest BCUT2D eigenvalue weighted by molar-refractivity contribution is 7.94. The Morgan fingerprint density at radius 1 is 1.33 bits per heavy atom. The molecule has 1 unspecified atom stereocenters. The molecule has 21 heavy (non-hydrogen) atoms. The highest BCUT2D eigenvalue weighted by Gasteiger charge is 2.50. The van der Waals surface area contributed by atoms with Gasteiger partial charge in [-0.15, -0.1) is 11.3 Å². The smallest absolute Gasteiger partial charge is 0.241 e. The fourth-order valence-corrected chi connectivity index (χ4v) is 5.79. The van der Waals surface area contributed by atoms with Gasteiger partial charge < -0.3 is 5.32 Å². The largest absolute Gasteiger partial charge is 0.348 e. The number of nitrogens with one attached hydrogen (secondary N) is 1. The van der Waals surface area contributed by atoms with Gasteiger partial charge in [0.25, 0.3) is 0 Å². The van der Waals surface area contributed by atoms with Crippen molar-refractivity contribution in [2.75, 3.05) is 0 Å². The standard InChI is InChI=1S/C15H21NO3S2/c1-15(2,21(18,19)10-6-7-10)14(17)16-12-4-3-5-13-11(12)8-9-20-13/h8-10,12H,3-7H2,1-2H3,(H,16,17). The average molecular weight is 327 g/mol. The third-order valence-corrected chi connectivity index (χ3v) is 8.53. The van der Waals surface area contributed by atoms with Crippen LogP contribution in [0, 0.1) is 0 Å². The summed E-state index contributed by atoms with van der Waals surface area (Å²) in [6, 6.07) is 2.01. The van der Waals surface area contributed by atoms with Crippen molar-refractivity contribution in [3.05, 3.63) is 21.9 Å². The number of rotatable bonds is 4. The molecule has 0 bridgehead atoms. The molecule has 116 valence electrons. The summed E-state index contributed by atoms with van der Waals surface area (Å²) >= 11 is 1.71. The monoisotopic (exact) mass is 327 g/mol. The van der Waals surface area contributed by atoms with Gasteiger partial charge in [0, 0.05) is 4.88 Å². The third kappa shape index (κ3) is 2.52. The van der Waals surface area contributed by atoms with Crippen LogP contribution < -0.4 is 5.32 Å². The second-order valence-corrected chi connectivity index (χ2v) is 10.3. The van der Waals surface area contributed by atoms with Crippen LogP contribution in [0.15, 0.2) is 11.4 Å². The number of carbonyl (C=O) groups excluding carboxylic acids is 1. The van der Waals surface area contributed by atoms with Crippen molar-refractivity contribution >= 4 is 27.1 Å². The van der Waals surface area contributed by atoms with Crippen molar-refractivity contribution in [3.63, 3.8) is 0 Å². The molecule has 0 radical (unpaired) electrons. The van der Waals surface area contributed by atoms with Gasteiger partial charge in [0.05, 0.1) is 11.3 Å². The fraction of sp³-hybridized carbons (Fsp3) is 0.667. The van der Waals surface area contributed by atoms with Crippen LogP contribution in [0.3, 0.4) is 0 Å². The highest BCUT2D eigenvalue weighted by Crippen LogP contribution is 2.38. The average Bonchev–Trinajstić information content (AvgIpc) is 3.18. The van der Waals surface area contributed by atoms with Gasteiger partial charge in [-0.3, -0.25) is 4.79 Å². The first-order valence-electron chi connectivity index (χ1n) is 7.44. The lowest BCUT2D eigenvalue weighted by Crippen LogP contribution is -2.50. The van der Waals surface area contributed by atoms with Gasteiger partial charge in [-0.05, 0) is 63.0 Å². The summed E-state index contributed by atoms with van der Waals surface area (Å²) in [6.45, 7) is 3.07. The molecule has 2 aliphatic rings. The molecular formula is C15H21NO3S2. The second kappa shape index (κ2) is 5.09. The van der Waals surface area contributed by atoms with E-state index in [1.165, 1.54) is 24.3 Å². The first-order chi connectivity index (χ1) is 9.84. The van der Waals surface area contributed by atoms with Crippen LogP contribution in [0.25, 0.3) is 0 Å². The molecular weight excluding hydrogens is 306 g/mol. The quantitative estimate of drug-likeness (QED) is 0.924. The summed E-state index contributed by atoms with van der Waals surface area (Å²) in [5, 5.41) is 4.70. The Labute approximate surface area is 129 Å². The van der Waals surface area contributed by atoms with Crippen molar-refractivity contribution in [2.45, 2.75) is 62.0 Å². The van der Waals surface area contributed by atoms with Crippen LogP contribution in [-0.2, 0) is 21.1 Å². The number of hydrogen-bond donors (Lipinski definition) is 1. The SMILES string of the molecule is CC(C)(C(=O)NC1CCCc2sccc21)S(=O)(=O)C1CC1. The Morgan fingerprint density at radius 3 is 2.71 bits per heavy atom. The second-order valence-electron chi connectivity index (χ2n) is 6.47. The summed E-state index contributed by atoms with van der Waals surface area (Å²) in [4.78, 5) is 13.9. The Morgan fingerprint density at radius 2 is 2.05 bits per heavy atom. The van der Waals surface area contributed by atoms with Crippen molar-refractivity contribution in [2.24, 2.45) is 0 Å². The first kappa shape index (κ1) is 15.0. The number of hydrogen-bond acceptors (Lipinski definition) is 4. The summed E-state index contributed by atoms with van der Waals surface area (Å²) in [5.74, 6) is -0.363. The van der Waals surface area contributed by atoms with Crippen molar-refractivity contribution in [1.29, 1.82) is 0 Å². The molecule has 1 N–H and O–H groups in total. The van der Waals surface area contributed by atoms with Crippen LogP contribution in [0.5, 0.6) is 0 Å². The number of carbonyl (C=O) groups is 1. The van der Waals surface area contributed by atoms with Crippen LogP contribution in [0.2, 0.25) is 0 Å². The van der Waals surface area contributed by atoms with Crippen molar-refractivity contribution < 1.29 is 13.2 Å². The van der Waals surface area contributed by atoms with E-state index in [9.17, 15) is 13.2 Å². The highest BCUT2D eigenvalue weighted by atomic mass is 32.2. The molecule has 0 aromatic carbocycles. The van der Waals surface area contributed by atoms with E-state index >= 15 is 0 Å². The lowest BCUT2D eigenvalue weighted by molar-refractivity contribution is -0.123. The number of fused-ring (bicyclic) bond motifs is 1. The van der Waals surface area contributed by atoms with E-state index in [-0.39, 0.29) is 17.2 Å². The minimum absolute atomic E-state index is 0.0406. The summed E-state index contributed by atoms with van der Waals surface area (Å²) in [7, 11) is -3.39. The predicted molar refractivity (Wildman–Crippen MR) is 84.2 cm³/mol. The van der Waals surface area contributed by atoms with Gasteiger partial charge in [0.1, 0.15) is 4.75 Å². The maximum atomic E-state index is 12.6. The topological polar surface area (TPSA) is 63.2 Å². The molecule has 1 aromatic rings. The summed E-state index contributed by atoms with van der Waals surface area (Å²) < 4.78 is 23.5. The zero-order chi connectivity index (χ0) is 15.3. The molecule has 0 aliphatic heterocycles. The molecule has 1 saturated carbocycles. The van der Waals surface area contributed by atoms with Crippen LogP contribution in [0.1, 0.15) is 56.0 Å². The normalized spacial score (nSPS) is 22.7. The minimum Gasteiger partial charge on any atom is -0.348 e. The Bertz CT molecular complexity index is 656. The molecule has 4 nitrogen and oxygen atoms in total. The number of aryl methyl sites for hydroxylation is 1. The molecule has 0 spiro atoms. The first-order valence-corrected chi connectivity index (χ1v) is 9.87. The molecule has 2 aliphatic carbocycles. The van der Waals surface area contributed by atoms with Crippen LogP contribution in [0.4, 0.5) is 0 Å². The molecule has 1 atom stereocenters. The van der Waals surface area contributed by atoms with Crippen LogP contribution in [-0.4, -0.2) is 24.3 Å². The Kier molecular flexibility index (Phi) is 3.64. The summed E-state index contributed by atoms with van der Waals surface area (Å²) in [5.41, 5.74) is 1.17. The van der Waals surface area contributed by atoms with Crippen molar-refractivity contribution in [3.8, 4) is 0 Å². The van der Waals surface area contributed by atoms with E-state index < -0.39 is 14.6 Å². The van der Waals surface area contributed by atoms with Crippen molar-refractivity contribution in [1.82, 2.24) is 5.32 Å². The fourth-order valence-electron chi connectivity index (χ4n) is 2.89. The van der Waals surface area contributed by atoms with E-state index in [0.29, 0.717) is 12.8 Å². The van der Waals surface area contributed by atoms with E-state index in [1.54, 1.807) is 11.3 Å². The van der Waals surface area contributed by atoms with Gasteiger partial charge in [0.15, 0.2) is 9.84 Å². The van der Waals surface area contributed by atoms with E-state index in [1.807, 2.05) is 11.4 Å². The van der Waals surface area contributed by atoms with Gasteiger partial charge in [-0.25, -0.2) is 8.42 Å². The maximum Gasteiger partial charge on any atom is 0.241 e. The molecule has 1 fully saturated rings. The van der Waals surface area contributed by atoms with Gasteiger partial charge >= 0.3 is 0 Å². The van der Waals surface area contributed by atoms with E-state index in [4.69, 9.17) is 0 Å². The number of thiophene rings is 1. The predicted octanol–water partition coefficient (Wildman–Crippen LogP) is 2.60. The number of sulfone groups is 1. The lowest BCUT2D eigenvalue weighted by Gasteiger charge is -2.29. The zero-order valence-corrected chi connectivity index (χ0v) is 14.0. The molecule has 1 heterocycles. The minimum atomic E-state index is -3.39. The van der Waals surface area contributed by atoms with E-state index in [0.717, 1.165) is 19.3 Å². The molecule has 3 rings (SSSR count). The lowest BCUT2D eigenvalue weighted by atomic mass is 9.93. The Balaban J connectivity index is 1.78. The van der Waals surface area contributed by atoms with Gasteiger partial charge in [-0.2, -0.15) is 0 Å². The Hall–Kier alpha value is -0.880. The third-order valence-electron chi connectivity index (χ3n) is 4.58. The molecule has 1 amide bonds. The molecule has 6 heteroatoms. The zero-order valence-electron chi connectivity index (χ0n) is 12.4. The number of amides is 1. The van der Waals surface area contributed by atoms with E-state index in [2.05, 4.69) is 5.32 Å². The maximum absolute atomic E-state index is 12.6. The van der Waals surface area contributed by atoms with Gasteiger partial charge in [-0.1, -0.05) is 0 Å². The molecule has 0 saturated heterocycles. The summed E-state index contributed by atoms with van der Waals surface area (Å²) in [6.07, 6.45) is 4.36. The van der Waals surface area contributed by atoms with Crippen LogP contribution >= 0.6 is 11.3 Å². The van der Waals surface area contributed by atoms with Gasteiger partial charge in [0.2, 0.25) is 5.91 Å². The molecule has 1 aromatic heterocycles.